The number of imidazole rings is 1. The first-order chi connectivity index (χ1) is 12.5. The lowest BCUT2D eigenvalue weighted by molar-refractivity contribution is -0.134. The molecule has 1 aromatic carbocycles. The van der Waals surface area contributed by atoms with Crippen molar-refractivity contribution >= 4 is 28.7 Å². The van der Waals surface area contributed by atoms with Crippen molar-refractivity contribution in [1.82, 2.24) is 24.8 Å². The fourth-order valence-electron chi connectivity index (χ4n) is 3.21. The van der Waals surface area contributed by atoms with Crippen LogP contribution >= 0.6 is 11.8 Å². The molecule has 4 rings (SSSR count). The van der Waals surface area contributed by atoms with E-state index in [-0.39, 0.29) is 17.1 Å². The van der Waals surface area contributed by atoms with Crippen LogP contribution in [0, 0.1) is 13.8 Å². The van der Waals surface area contributed by atoms with Crippen LogP contribution in [0.3, 0.4) is 0 Å². The largest absolute Gasteiger partial charge is 0.342 e. The lowest BCUT2D eigenvalue weighted by atomic mass is 9.99. The SMILES string of the molecule is Cc1cc(C)nc(SC(C)C(=O)N2CC(c3nc4ccccc4[nH]3)C2)n1. The fourth-order valence-corrected chi connectivity index (χ4v) is 4.17. The van der Waals surface area contributed by atoms with E-state index in [1.165, 1.54) is 11.8 Å². The molecule has 0 saturated carbocycles. The molecule has 1 fully saturated rings. The van der Waals surface area contributed by atoms with Crippen LogP contribution in [0.15, 0.2) is 35.5 Å². The maximum absolute atomic E-state index is 12.7. The zero-order chi connectivity index (χ0) is 18.3. The number of benzene rings is 1. The van der Waals surface area contributed by atoms with Gasteiger partial charge in [-0.1, -0.05) is 23.9 Å². The van der Waals surface area contributed by atoms with E-state index in [0.29, 0.717) is 18.2 Å². The second kappa shape index (κ2) is 6.72. The van der Waals surface area contributed by atoms with Crippen molar-refractivity contribution in [2.45, 2.75) is 37.1 Å². The van der Waals surface area contributed by atoms with E-state index < -0.39 is 0 Å². The van der Waals surface area contributed by atoms with Crippen molar-refractivity contribution < 1.29 is 4.79 Å². The van der Waals surface area contributed by atoms with Crippen molar-refractivity contribution in [2.24, 2.45) is 0 Å². The van der Waals surface area contributed by atoms with E-state index in [9.17, 15) is 4.79 Å². The van der Waals surface area contributed by atoms with Gasteiger partial charge in [-0.05, 0) is 39.0 Å². The first kappa shape index (κ1) is 17.0. The third-order valence-electron chi connectivity index (χ3n) is 4.58. The van der Waals surface area contributed by atoms with Gasteiger partial charge in [-0.15, -0.1) is 0 Å². The van der Waals surface area contributed by atoms with Gasteiger partial charge in [0.2, 0.25) is 5.91 Å². The van der Waals surface area contributed by atoms with Gasteiger partial charge in [0.25, 0.3) is 0 Å². The molecule has 0 aliphatic carbocycles. The van der Waals surface area contributed by atoms with E-state index in [1.54, 1.807) is 0 Å². The number of hydrogen-bond donors (Lipinski definition) is 1. The number of aryl methyl sites for hydroxylation is 2. The highest BCUT2D eigenvalue weighted by molar-refractivity contribution is 8.00. The Morgan fingerprint density at radius 3 is 2.58 bits per heavy atom. The van der Waals surface area contributed by atoms with Crippen LogP contribution < -0.4 is 0 Å². The molecule has 0 radical (unpaired) electrons. The molecule has 1 aliphatic rings. The summed E-state index contributed by atoms with van der Waals surface area (Å²) in [4.78, 5) is 31.4. The number of amides is 1. The van der Waals surface area contributed by atoms with Crippen LogP contribution in [0.2, 0.25) is 0 Å². The van der Waals surface area contributed by atoms with Gasteiger partial charge in [-0.2, -0.15) is 0 Å². The number of para-hydroxylation sites is 2. The molecule has 134 valence electrons. The quantitative estimate of drug-likeness (QED) is 0.567. The number of H-pyrrole nitrogens is 1. The first-order valence-corrected chi connectivity index (χ1v) is 9.60. The van der Waals surface area contributed by atoms with Crippen LogP contribution in [0.4, 0.5) is 0 Å². The highest BCUT2D eigenvalue weighted by atomic mass is 32.2. The number of nitrogens with zero attached hydrogens (tertiary/aromatic N) is 4. The number of hydrogen-bond acceptors (Lipinski definition) is 5. The average Bonchev–Trinajstić information content (AvgIpc) is 2.95. The van der Waals surface area contributed by atoms with Gasteiger partial charge >= 0.3 is 0 Å². The summed E-state index contributed by atoms with van der Waals surface area (Å²) in [6.07, 6.45) is 0. The van der Waals surface area contributed by atoms with Crippen molar-refractivity contribution in [2.75, 3.05) is 13.1 Å². The van der Waals surface area contributed by atoms with Gasteiger partial charge < -0.3 is 9.88 Å². The Kier molecular flexibility index (Phi) is 4.40. The molecule has 1 N–H and O–H groups in total. The number of aromatic amines is 1. The molecule has 6 nitrogen and oxygen atoms in total. The molecule has 26 heavy (non-hydrogen) atoms. The van der Waals surface area contributed by atoms with Gasteiger partial charge in [-0.3, -0.25) is 4.79 Å². The zero-order valence-electron chi connectivity index (χ0n) is 15.1. The number of rotatable bonds is 4. The number of nitrogens with one attached hydrogen (secondary N) is 1. The van der Waals surface area contributed by atoms with Crippen molar-refractivity contribution in [3.05, 3.63) is 47.5 Å². The molecular formula is C19H21N5OS. The van der Waals surface area contributed by atoms with Crippen LogP contribution in [0.5, 0.6) is 0 Å². The summed E-state index contributed by atoms with van der Waals surface area (Å²) in [5.41, 5.74) is 3.87. The van der Waals surface area contributed by atoms with Crippen LogP contribution in [-0.2, 0) is 4.79 Å². The van der Waals surface area contributed by atoms with E-state index in [2.05, 4.69) is 19.9 Å². The first-order valence-electron chi connectivity index (χ1n) is 8.72. The van der Waals surface area contributed by atoms with Crippen molar-refractivity contribution in [3.8, 4) is 0 Å². The predicted molar refractivity (Wildman–Crippen MR) is 102 cm³/mol. The van der Waals surface area contributed by atoms with Crippen LogP contribution in [0.25, 0.3) is 11.0 Å². The molecule has 7 heteroatoms. The summed E-state index contributed by atoms with van der Waals surface area (Å²) in [5.74, 6) is 1.37. The Balaban J connectivity index is 1.37. The smallest absolute Gasteiger partial charge is 0.235 e. The minimum absolute atomic E-state index is 0.130. The molecule has 1 amide bonds. The number of thioether (sulfide) groups is 1. The van der Waals surface area contributed by atoms with E-state index in [0.717, 1.165) is 28.2 Å². The minimum Gasteiger partial charge on any atom is -0.342 e. The van der Waals surface area contributed by atoms with Gasteiger partial charge in [0, 0.05) is 24.5 Å². The summed E-state index contributed by atoms with van der Waals surface area (Å²) in [7, 11) is 0. The normalized spacial score (nSPS) is 15.9. The molecule has 1 aliphatic heterocycles. The molecule has 1 unspecified atom stereocenters. The van der Waals surface area contributed by atoms with Crippen LogP contribution in [-0.4, -0.2) is 49.1 Å². The molecule has 1 saturated heterocycles. The molecule has 3 heterocycles. The van der Waals surface area contributed by atoms with Gasteiger partial charge in [0.05, 0.1) is 22.2 Å². The van der Waals surface area contributed by atoms with E-state index in [4.69, 9.17) is 0 Å². The topological polar surface area (TPSA) is 74.8 Å². The fraction of sp³-hybridized carbons (Fsp3) is 0.368. The Morgan fingerprint density at radius 2 is 1.88 bits per heavy atom. The molecular weight excluding hydrogens is 346 g/mol. The lowest BCUT2D eigenvalue weighted by Crippen LogP contribution is -2.51. The molecule has 0 bridgehead atoms. The predicted octanol–water partition coefficient (Wildman–Crippen LogP) is 3.08. The average molecular weight is 367 g/mol. The highest BCUT2D eigenvalue weighted by Crippen LogP contribution is 2.30. The lowest BCUT2D eigenvalue weighted by Gasteiger charge is -2.39. The Labute approximate surface area is 156 Å². The summed E-state index contributed by atoms with van der Waals surface area (Å²) < 4.78 is 0. The van der Waals surface area contributed by atoms with Gasteiger partial charge in [-0.25, -0.2) is 15.0 Å². The van der Waals surface area contributed by atoms with E-state index in [1.807, 2.05) is 56.0 Å². The maximum atomic E-state index is 12.7. The standard InChI is InChI=1S/C19H21N5OS/c1-11-8-12(2)21-19(20-11)26-13(3)18(25)24-9-14(10-24)17-22-15-6-4-5-7-16(15)23-17/h4-8,13-14H,9-10H2,1-3H3,(H,22,23). The third kappa shape index (κ3) is 3.31. The second-order valence-corrected chi connectivity index (χ2v) is 8.08. The molecule has 2 aromatic heterocycles. The number of aromatic nitrogens is 4. The summed E-state index contributed by atoms with van der Waals surface area (Å²) in [6.45, 7) is 7.22. The second-order valence-electron chi connectivity index (χ2n) is 6.77. The van der Waals surface area contributed by atoms with E-state index >= 15 is 0 Å². The number of carbonyl (C=O) groups excluding carboxylic acids is 1. The third-order valence-corrected chi connectivity index (χ3v) is 5.53. The number of likely N-dealkylation sites (tertiary alicyclic amines) is 1. The van der Waals surface area contributed by atoms with Gasteiger partial charge in [0.1, 0.15) is 5.82 Å². The maximum Gasteiger partial charge on any atom is 0.235 e. The minimum atomic E-state index is -0.201. The summed E-state index contributed by atoms with van der Waals surface area (Å²) >= 11 is 1.42. The van der Waals surface area contributed by atoms with Gasteiger partial charge in [0.15, 0.2) is 5.16 Å². The molecule has 0 spiro atoms. The highest BCUT2D eigenvalue weighted by Gasteiger charge is 2.36. The molecule has 1 atom stereocenters. The Morgan fingerprint density at radius 1 is 1.19 bits per heavy atom. The number of carbonyl (C=O) groups is 1. The van der Waals surface area contributed by atoms with Crippen molar-refractivity contribution in [1.29, 1.82) is 0 Å². The Bertz CT molecular complexity index is 910. The Hall–Kier alpha value is -2.41. The monoisotopic (exact) mass is 367 g/mol. The zero-order valence-corrected chi connectivity index (χ0v) is 15.9. The van der Waals surface area contributed by atoms with Crippen molar-refractivity contribution in [3.63, 3.8) is 0 Å². The van der Waals surface area contributed by atoms with Crippen LogP contribution in [0.1, 0.15) is 30.1 Å². The summed E-state index contributed by atoms with van der Waals surface area (Å²) in [6, 6.07) is 9.94. The number of fused-ring (bicyclic) bond motifs is 1. The summed E-state index contributed by atoms with van der Waals surface area (Å²) in [5, 5.41) is 0.463. The molecule has 3 aromatic rings.